The summed E-state index contributed by atoms with van der Waals surface area (Å²) in [4.78, 5) is 12.1. The average molecular weight is 321 g/mol. The Balaban J connectivity index is 0.00000400. The Kier molecular flexibility index (Phi) is 12.1. The van der Waals surface area contributed by atoms with Gasteiger partial charge in [-0.2, -0.15) is 0 Å². The van der Waals surface area contributed by atoms with E-state index in [1.165, 1.54) is 12.8 Å². The fourth-order valence-electron chi connectivity index (χ4n) is 2.77. The van der Waals surface area contributed by atoms with Gasteiger partial charge in [0, 0.05) is 13.1 Å². The third kappa shape index (κ3) is 8.64. The maximum Gasteiger partial charge on any atom is 0.249 e. The molecule has 0 aromatic rings. The monoisotopic (exact) mass is 320 g/mol. The molecular formula is C16H33ClN2O2. The Morgan fingerprint density at radius 1 is 1.24 bits per heavy atom. The van der Waals surface area contributed by atoms with Crippen molar-refractivity contribution in [2.75, 3.05) is 19.6 Å². The molecule has 3 unspecified atom stereocenters. The second kappa shape index (κ2) is 12.2. The molecular weight excluding hydrogens is 288 g/mol. The third-order valence-corrected chi connectivity index (χ3v) is 3.94. The quantitative estimate of drug-likeness (QED) is 0.642. The fourth-order valence-corrected chi connectivity index (χ4v) is 2.77. The van der Waals surface area contributed by atoms with Crippen molar-refractivity contribution < 1.29 is 9.53 Å². The second-order valence-corrected chi connectivity index (χ2v) is 5.97. The van der Waals surface area contributed by atoms with Crippen molar-refractivity contribution in [3.05, 3.63) is 0 Å². The number of nitrogens with one attached hydrogen (secondary N) is 2. The standard InChI is InChI=1S/C16H32N2O2.ClH/c1-4-9-17-10-11-18-16(19)15(5-2)20-14-8-6-7-13(3)12-14;/h13-15,17H,4-12H2,1-3H3,(H,18,19);1H. The molecule has 0 aliphatic heterocycles. The van der Waals surface area contributed by atoms with Gasteiger partial charge in [-0.05, 0) is 38.1 Å². The molecule has 1 aliphatic carbocycles. The van der Waals surface area contributed by atoms with Crippen LogP contribution in [0.1, 0.15) is 59.3 Å². The van der Waals surface area contributed by atoms with Gasteiger partial charge in [0.05, 0.1) is 6.10 Å². The first-order chi connectivity index (χ1) is 9.67. The van der Waals surface area contributed by atoms with E-state index in [4.69, 9.17) is 4.74 Å². The second-order valence-electron chi connectivity index (χ2n) is 5.97. The molecule has 0 bridgehead atoms. The number of carbonyl (C=O) groups excluding carboxylic acids is 1. The molecule has 3 atom stereocenters. The Morgan fingerprint density at radius 3 is 2.62 bits per heavy atom. The predicted octanol–water partition coefficient (Wildman–Crippen LogP) is 2.90. The summed E-state index contributed by atoms with van der Waals surface area (Å²) in [5, 5.41) is 6.25. The Labute approximate surface area is 136 Å². The summed E-state index contributed by atoms with van der Waals surface area (Å²) in [6, 6.07) is 0. The van der Waals surface area contributed by atoms with Gasteiger partial charge in [-0.25, -0.2) is 0 Å². The SMILES string of the molecule is CCCNCCNC(=O)C(CC)OC1CCCC(C)C1.Cl. The summed E-state index contributed by atoms with van der Waals surface area (Å²) in [6.07, 6.45) is 6.59. The lowest BCUT2D eigenvalue weighted by molar-refractivity contribution is -0.138. The van der Waals surface area contributed by atoms with Crippen molar-refractivity contribution in [1.29, 1.82) is 0 Å². The molecule has 2 N–H and O–H groups in total. The molecule has 1 amide bonds. The number of hydrogen-bond acceptors (Lipinski definition) is 3. The number of halogens is 1. The zero-order valence-corrected chi connectivity index (χ0v) is 14.6. The minimum atomic E-state index is -0.281. The number of hydrogen-bond donors (Lipinski definition) is 2. The first-order valence-corrected chi connectivity index (χ1v) is 8.31. The van der Waals surface area contributed by atoms with Gasteiger partial charge >= 0.3 is 0 Å². The molecule has 1 aliphatic rings. The van der Waals surface area contributed by atoms with Crippen molar-refractivity contribution >= 4 is 18.3 Å². The minimum Gasteiger partial charge on any atom is -0.365 e. The molecule has 4 nitrogen and oxygen atoms in total. The highest BCUT2D eigenvalue weighted by Gasteiger charge is 2.25. The average Bonchev–Trinajstić information content (AvgIpc) is 2.44. The Hall–Kier alpha value is -0.320. The molecule has 1 saturated carbocycles. The molecule has 5 heteroatoms. The van der Waals surface area contributed by atoms with Crippen molar-refractivity contribution in [3.8, 4) is 0 Å². The zero-order valence-electron chi connectivity index (χ0n) is 13.8. The zero-order chi connectivity index (χ0) is 14.8. The van der Waals surface area contributed by atoms with Crippen LogP contribution in [0.25, 0.3) is 0 Å². The number of ether oxygens (including phenoxy) is 1. The number of rotatable bonds is 9. The normalized spacial score (nSPS) is 23.2. The molecule has 0 aromatic heterocycles. The highest BCUT2D eigenvalue weighted by molar-refractivity contribution is 5.85. The molecule has 0 saturated heterocycles. The van der Waals surface area contributed by atoms with Gasteiger partial charge < -0.3 is 15.4 Å². The first-order valence-electron chi connectivity index (χ1n) is 8.31. The van der Waals surface area contributed by atoms with Gasteiger partial charge in [0.2, 0.25) is 5.91 Å². The highest BCUT2D eigenvalue weighted by atomic mass is 35.5. The van der Waals surface area contributed by atoms with Crippen LogP contribution in [0.3, 0.4) is 0 Å². The molecule has 0 radical (unpaired) electrons. The van der Waals surface area contributed by atoms with E-state index in [0.29, 0.717) is 6.54 Å². The van der Waals surface area contributed by atoms with E-state index in [1.54, 1.807) is 0 Å². The van der Waals surface area contributed by atoms with Crippen molar-refractivity contribution in [1.82, 2.24) is 10.6 Å². The van der Waals surface area contributed by atoms with Crippen molar-refractivity contribution in [2.24, 2.45) is 5.92 Å². The van der Waals surface area contributed by atoms with E-state index in [2.05, 4.69) is 24.5 Å². The van der Waals surface area contributed by atoms with E-state index in [1.807, 2.05) is 6.92 Å². The van der Waals surface area contributed by atoms with Crippen LogP contribution in [0, 0.1) is 5.92 Å². The lowest BCUT2D eigenvalue weighted by atomic mass is 9.88. The Morgan fingerprint density at radius 2 is 2.00 bits per heavy atom. The summed E-state index contributed by atoms with van der Waals surface area (Å²) >= 11 is 0. The van der Waals surface area contributed by atoms with E-state index in [0.717, 1.165) is 44.7 Å². The van der Waals surface area contributed by atoms with Crippen LogP contribution in [0.2, 0.25) is 0 Å². The van der Waals surface area contributed by atoms with Crippen LogP contribution in [0.15, 0.2) is 0 Å². The van der Waals surface area contributed by atoms with Crippen LogP contribution in [0.4, 0.5) is 0 Å². The molecule has 0 aromatic carbocycles. The summed E-state index contributed by atoms with van der Waals surface area (Å²) in [5.74, 6) is 0.775. The smallest absolute Gasteiger partial charge is 0.249 e. The molecule has 0 heterocycles. The van der Waals surface area contributed by atoms with Crippen LogP contribution in [-0.4, -0.2) is 37.7 Å². The summed E-state index contributed by atoms with van der Waals surface area (Å²) in [5.41, 5.74) is 0. The van der Waals surface area contributed by atoms with Gasteiger partial charge in [0.25, 0.3) is 0 Å². The largest absolute Gasteiger partial charge is 0.365 e. The topological polar surface area (TPSA) is 50.4 Å². The van der Waals surface area contributed by atoms with Gasteiger partial charge in [-0.15, -0.1) is 12.4 Å². The van der Waals surface area contributed by atoms with Gasteiger partial charge in [0.15, 0.2) is 0 Å². The lowest BCUT2D eigenvalue weighted by Gasteiger charge is -2.29. The lowest BCUT2D eigenvalue weighted by Crippen LogP contribution is -2.41. The van der Waals surface area contributed by atoms with Crippen molar-refractivity contribution in [3.63, 3.8) is 0 Å². The first kappa shape index (κ1) is 20.7. The van der Waals surface area contributed by atoms with Crippen LogP contribution < -0.4 is 10.6 Å². The molecule has 1 rings (SSSR count). The maximum atomic E-state index is 12.1. The molecule has 1 fully saturated rings. The molecule has 126 valence electrons. The summed E-state index contributed by atoms with van der Waals surface area (Å²) in [7, 11) is 0. The minimum absolute atomic E-state index is 0. The molecule has 0 spiro atoms. The van der Waals surface area contributed by atoms with E-state index < -0.39 is 0 Å². The van der Waals surface area contributed by atoms with Crippen LogP contribution in [0.5, 0.6) is 0 Å². The highest BCUT2D eigenvalue weighted by Crippen LogP contribution is 2.26. The maximum absolute atomic E-state index is 12.1. The predicted molar refractivity (Wildman–Crippen MR) is 90.0 cm³/mol. The van der Waals surface area contributed by atoms with E-state index >= 15 is 0 Å². The summed E-state index contributed by atoms with van der Waals surface area (Å²) < 4.78 is 6.02. The van der Waals surface area contributed by atoms with Crippen molar-refractivity contribution in [2.45, 2.75) is 71.5 Å². The van der Waals surface area contributed by atoms with Crippen LogP contribution >= 0.6 is 12.4 Å². The van der Waals surface area contributed by atoms with Gasteiger partial charge in [-0.3, -0.25) is 4.79 Å². The fraction of sp³-hybridized carbons (Fsp3) is 0.938. The number of amides is 1. The summed E-state index contributed by atoms with van der Waals surface area (Å²) in [6.45, 7) is 8.94. The third-order valence-electron chi connectivity index (χ3n) is 3.94. The van der Waals surface area contributed by atoms with Gasteiger partial charge in [-0.1, -0.05) is 33.6 Å². The van der Waals surface area contributed by atoms with Crippen LogP contribution in [-0.2, 0) is 9.53 Å². The van der Waals surface area contributed by atoms with E-state index in [-0.39, 0.29) is 30.5 Å². The molecule has 21 heavy (non-hydrogen) atoms. The Bertz CT molecular complexity index is 277. The van der Waals surface area contributed by atoms with E-state index in [9.17, 15) is 4.79 Å². The number of carbonyl (C=O) groups is 1. The van der Waals surface area contributed by atoms with Gasteiger partial charge in [0.1, 0.15) is 6.10 Å².